The Morgan fingerprint density at radius 3 is 2.59 bits per heavy atom. The van der Waals surface area contributed by atoms with Crippen LogP contribution in [0.25, 0.3) is 0 Å². The molecule has 0 heterocycles. The van der Waals surface area contributed by atoms with E-state index in [1.807, 2.05) is 6.92 Å². The summed E-state index contributed by atoms with van der Waals surface area (Å²) in [7, 11) is 0. The molecule has 1 aromatic carbocycles. The lowest BCUT2D eigenvalue weighted by molar-refractivity contribution is -0.121. The van der Waals surface area contributed by atoms with Crippen molar-refractivity contribution in [3.63, 3.8) is 0 Å². The first-order valence-electron chi connectivity index (χ1n) is 5.74. The van der Waals surface area contributed by atoms with Crippen molar-refractivity contribution in [2.75, 3.05) is 5.88 Å². The maximum absolute atomic E-state index is 12.7. The van der Waals surface area contributed by atoms with Crippen LogP contribution in [-0.4, -0.2) is 11.8 Å². The summed E-state index contributed by atoms with van der Waals surface area (Å²) in [6, 6.07) is 6.05. The van der Waals surface area contributed by atoms with E-state index in [1.54, 1.807) is 12.1 Å². The van der Waals surface area contributed by atoms with Crippen molar-refractivity contribution >= 4 is 17.5 Å². The fraction of sp³-hybridized carbons (Fsp3) is 0.462. The Labute approximate surface area is 106 Å². The quantitative estimate of drug-likeness (QED) is 0.614. The van der Waals surface area contributed by atoms with Gasteiger partial charge in [0.25, 0.3) is 0 Å². The largest absolute Gasteiger partial charge is 0.350 e. The number of carbonyl (C=O) groups excluding carboxylic acids is 1. The van der Waals surface area contributed by atoms with Crippen LogP contribution < -0.4 is 5.32 Å². The Bertz CT molecular complexity index is 353. The van der Waals surface area contributed by atoms with Crippen LogP contribution in [0.4, 0.5) is 4.39 Å². The van der Waals surface area contributed by atoms with E-state index in [1.165, 1.54) is 12.1 Å². The van der Waals surface area contributed by atoms with Gasteiger partial charge in [-0.3, -0.25) is 4.79 Å². The summed E-state index contributed by atoms with van der Waals surface area (Å²) in [6.07, 6.45) is 2.13. The molecule has 1 rings (SSSR count). The van der Waals surface area contributed by atoms with Crippen LogP contribution >= 0.6 is 11.6 Å². The molecule has 0 saturated heterocycles. The Balaban J connectivity index is 2.40. The van der Waals surface area contributed by atoms with E-state index in [9.17, 15) is 9.18 Å². The van der Waals surface area contributed by atoms with Gasteiger partial charge in [-0.15, -0.1) is 11.6 Å². The predicted octanol–water partition coefficient (Wildman–Crippen LogP) is 3.41. The van der Waals surface area contributed by atoms with E-state index in [4.69, 9.17) is 11.6 Å². The van der Waals surface area contributed by atoms with Crippen molar-refractivity contribution < 1.29 is 9.18 Å². The molecule has 94 valence electrons. The van der Waals surface area contributed by atoms with Gasteiger partial charge in [0.1, 0.15) is 5.82 Å². The molecule has 1 aromatic rings. The lowest BCUT2D eigenvalue weighted by Crippen LogP contribution is -2.26. The van der Waals surface area contributed by atoms with Gasteiger partial charge in [-0.05, 0) is 37.5 Å². The Morgan fingerprint density at radius 1 is 1.35 bits per heavy atom. The van der Waals surface area contributed by atoms with Crippen molar-refractivity contribution in [3.8, 4) is 0 Å². The molecule has 17 heavy (non-hydrogen) atoms. The average Bonchev–Trinajstić information content (AvgIpc) is 2.30. The van der Waals surface area contributed by atoms with Crippen molar-refractivity contribution in [2.45, 2.75) is 32.2 Å². The van der Waals surface area contributed by atoms with E-state index >= 15 is 0 Å². The Kier molecular flexibility index (Phi) is 5.98. The molecule has 0 aliphatic carbocycles. The summed E-state index contributed by atoms with van der Waals surface area (Å²) < 4.78 is 12.7. The van der Waals surface area contributed by atoms with Crippen molar-refractivity contribution in [2.24, 2.45) is 0 Å². The minimum Gasteiger partial charge on any atom is -0.350 e. The van der Waals surface area contributed by atoms with Crippen LogP contribution in [0.3, 0.4) is 0 Å². The normalized spacial score (nSPS) is 12.2. The zero-order valence-corrected chi connectivity index (χ0v) is 10.6. The number of halogens is 2. The SMILES string of the molecule is C[C@@H](NC(=O)CCCCCl)c1ccc(F)cc1. The van der Waals surface area contributed by atoms with Crippen molar-refractivity contribution in [3.05, 3.63) is 35.6 Å². The number of hydrogen-bond donors (Lipinski definition) is 1. The lowest BCUT2D eigenvalue weighted by atomic mass is 10.1. The molecule has 0 aliphatic heterocycles. The van der Waals surface area contributed by atoms with Crippen molar-refractivity contribution in [1.82, 2.24) is 5.32 Å². The number of amides is 1. The highest BCUT2D eigenvalue weighted by molar-refractivity contribution is 6.17. The van der Waals surface area contributed by atoms with Crippen LogP contribution in [0.5, 0.6) is 0 Å². The van der Waals surface area contributed by atoms with Crippen LogP contribution in [0.1, 0.15) is 37.8 Å². The van der Waals surface area contributed by atoms with Gasteiger partial charge in [-0.2, -0.15) is 0 Å². The van der Waals surface area contributed by atoms with Crippen LogP contribution in [0, 0.1) is 5.82 Å². The van der Waals surface area contributed by atoms with Crippen LogP contribution in [0.15, 0.2) is 24.3 Å². The van der Waals surface area contributed by atoms with Gasteiger partial charge in [-0.1, -0.05) is 12.1 Å². The second-order valence-corrected chi connectivity index (χ2v) is 4.36. The first-order valence-corrected chi connectivity index (χ1v) is 6.27. The van der Waals surface area contributed by atoms with Gasteiger partial charge in [0.2, 0.25) is 5.91 Å². The fourth-order valence-electron chi connectivity index (χ4n) is 1.53. The summed E-state index contributed by atoms with van der Waals surface area (Å²) >= 11 is 5.53. The molecule has 2 nitrogen and oxygen atoms in total. The summed E-state index contributed by atoms with van der Waals surface area (Å²) in [5, 5.41) is 2.87. The zero-order valence-electron chi connectivity index (χ0n) is 9.88. The highest BCUT2D eigenvalue weighted by Crippen LogP contribution is 2.13. The van der Waals surface area contributed by atoms with E-state index in [0.29, 0.717) is 12.3 Å². The molecule has 1 atom stereocenters. The minimum absolute atomic E-state index is 0.00643. The molecule has 1 N–H and O–H groups in total. The predicted molar refractivity (Wildman–Crippen MR) is 67.5 cm³/mol. The van der Waals surface area contributed by atoms with Gasteiger partial charge in [0.15, 0.2) is 0 Å². The Morgan fingerprint density at radius 2 is 2.00 bits per heavy atom. The van der Waals surface area contributed by atoms with Gasteiger partial charge >= 0.3 is 0 Å². The minimum atomic E-state index is -0.269. The molecular weight excluding hydrogens is 241 g/mol. The number of nitrogens with one attached hydrogen (secondary N) is 1. The Hall–Kier alpha value is -1.09. The molecule has 0 fully saturated rings. The third-order valence-electron chi connectivity index (χ3n) is 2.53. The number of benzene rings is 1. The molecule has 1 amide bonds. The topological polar surface area (TPSA) is 29.1 Å². The smallest absolute Gasteiger partial charge is 0.220 e. The fourth-order valence-corrected chi connectivity index (χ4v) is 1.72. The molecule has 0 saturated carbocycles. The number of carbonyl (C=O) groups is 1. The van der Waals surface area contributed by atoms with Crippen molar-refractivity contribution in [1.29, 1.82) is 0 Å². The van der Waals surface area contributed by atoms with E-state index < -0.39 is 0 Å². The summed E-state index contributed by atoms with van der Waals surface area (Å²) in [6.45, 7) is 1.88. The van der Waals surface area contributed by atoms with E-state index in [-0.39, 0.29) is 17.8 Å². The molecule has 0 aromatic heterocycles. The maximum atomic E-state index is 12.7. The number of rotatable bonds is 6. The average molecular weight is 258 g/mol. The zero-order chi connectivity index (χ0) is 12.7. The summed E-state index contributed by atoms with van der Waals surface area (Å²) in [5.41, 5.74) is 0.900. The highest BCUT2D eigenvalue weighted by atomic mass is 35.5. The molecule has 0 bridgehead atoms. The van der Waals surface area contributed by atoms with Gasteiger partial charge in [-0.25, -0.2) is 4.39 Å². The van der Waals surface area contributed by atoms with E-state index in [0.717, 1.165) is 18.4 Å². The number of hydrogen-bond acceptors (Lipinski definition) is 1. The second kappa shape index (κ2) is 7.28. The third-order valence-corrected chi connectivity index (χ3v) is 2.80. The van der Waals surface area contributed by atoms with Gasteiger partial charge in [0.05, 0.1) is 6.04 Å². The standard InChI is InChI=1S/C13H17ClFNO/c1-10(11-5-7-12(15)8-6-11)16-13(17)4-2-3-9-14/h5-8,10H,2-4,9H2,1H3,(H,16,17)/t10-/m1/s1. The van der Waals surface area contributed by atoms with Crippen LogP contribution in [-0.2, 0) is 4.79 Å². The summed E-state index contributed by atoms with van der Waals surface area (Å²) in [5.74, 6) is 0.321. The summed E-state index contributed by atoms with van der Waals surface area (Å²) in [4.78, 5) is 11.5. The first-order chi connectivity index (χ1) is 8.13. The van der Waals surface area contributed by atoms with Gasteiger partial charge < -0.3 is 5.32 Å². The molecular formula is C13H17ClFNO. The third kappa shape index (κ3) is 5.18. The van der Waals surface area contributed by atoms with Crippen LogP contribution in [0.2, 0.25) is 0 Å². The maximum Gasteiger partial charge on any atom is 0.220 e. The molecule has 0 unspecified atom stereocenters. The molecule has 4 heteroatoms. The molecule has 0 radical (unpaired) electrons. The monoisotopic (exact) mass is 257 g/mol. The number of unbranched alkanes of at least 4 members (excludes halogenated alkanes) is 1. The van der Waals surface area contributed by atoms with Gasteiger partial charge in [0, 0.05) is 12.3 Å². The number of alkyl halides is 1. The first kappa shape index (κ1) is 14.0. The second-order valence-electron chi connectivity index (χ2n) is 3.99. The molecule has 0 spiro atoms. The lowest BCUT2D eigenvalue weighted by Gasteiger charge is -2.14. The van der Waals surface area contributed by atoms with E-state index in [2.05, 4.69) is 5.32 Å². The molecule has 0 aliphatic rings. The highest BCUT2D eigenvalue weighted by Gasteiger charge is 2.08.